The molecule has 0 aliphatic rings. The van der Waals surface area contributed by atoms with Crippen molar-refractivity contribution in [2.75, 3.05) is 11.9 Å². The van der Waals surface area contributed by atoms with Crippen LogP contribution in [0.3, 0.4) is 0 Å². The molecule has 2 N–H and O–H groups in total. The molecule has 0 saturated carbocycles. The fourth-order valence-corrected chi connectivity index (χ4v) is 2.39. The predicted molar refractivity (Wildman–Crippen MR) is 85.5 cm³/mol. The third-order valence-corrected chi connectivity index (χ3v) is 3.55. The van der Waals surface area contributed by atoms with Crippen molar-refractivity contribution in [2.24, 2.45) is 0 Å². The van der Waals surface area contributed by atoms with Crippen molar-refractivity contribution in [1.82, 2.24) is 15.0 Å². The van der Waals surface area contributed by atoms with E-state index in [1.165, 1.54) is 18.3 Å². The van der Waals surface area contributed by atoms with Gasteiger partial charge in [-0.2, -0.15) is 13.2 Å². The van der Waals surface area contributed by atoms with Crippen LogP contribution in [-0.4, -0.2) is 21.5 Å². The van der Waals surface area contributed by atoms with Crippen molar-refractivity contribution in [3.8, 4) is 11.1 Å². The molecule has 0 saturated heterocycles. The SMILES string of the molecule is FC(F)(F)c1ccccc1-c1ccc(NCCc2c[nH]cn2)nc1. The zero-order valence-electron chi connectivity index (χ0n) is 12.6. The van der Waals surface area contributed by atoms with Crippen LogP contribution in [0.15, 0.2) is 55.1 Å². The highest BCUT2D eigenvalue weighted by Crippen LogP contribution is 2.36. The summed E-state index contributed by atoms with van der Waals surface area (Å²) in [5.41, 5.74) is 0.825. The van der Waals surface area contributed by atoms with Crippen molar-refractivity contribution in [3.05, 3.63) is 66.4 Å². The van der Waals surface area contributed by atoms with E-state index in [1.807, 2.05) is 6.20 Å². The highest BCUT2D eigenvalue weighted by molar-refractivity contribution is 5.68. The molecule has 0 amide bonds. The molecule has 3 rings (SSSR count). The molecule has 24 heavy (non-hydrogen) atoms. The Balaban J connectivity index is 1.71. The lowest BCUT2D eigenvalue weighted by molar-refractivity contribution is -0.137. The van der Waals surface area contributed by atoms with Gasteiger partial charge in [0.25, 0.3) is 0 Å². The highest BCUT2D eigenvalue weighted by atomic mass is 19.4. The number of benzene rings is 1. The van der Waals surface area contributed by atoms with Gasteiger partial charge in [0.2, 0.25) is 0 Å². The molecule has 4 nitrogen and oxygen atoms in total. The number of rotatable bonds is 5. The smallest absolute Gasteiger partial charge is 0.370 e. The maximum absolute atomic E-state index is 13.1. The Morgan fingerprint density at radius 2 is 1.88 bits per heavy atom. The lowest BCUT2D eigenvalue weighted by Gasteiger charge is -2.13. The summed E-state index contributed by atoms with van der Waals surface area (Å²) >= 11 is 0. The van der Waals surface area contributed by atoms with E-state index in [9.17, 15) is 13.2 Å². The number of pyridine rings is 1. The molecule has 0 spiro atoms. The number of H-pyrrole nitrogens is 1. The predicted octanol–water partition coefficient (Wildman–Crippen LogP) is 4.15. The molecule has 0 bridgehead atoms. The Hall–Kier alpha value is -2.83. The summed E-state index contributed by atoms with van der Waals surface area (Å²) in [5, 5.41) is 3.12. The minimum atomic E-state index is -4.39. The van der Waals surface area contributed by atoms with Crippen molar-refractivity contribution >= 4 is 5.82 Å². The van der Waals surface area contributed by atoms with Crippen LogP contribution in [-0.2, 0) is 12.6 Å². The van der Waals surface area contributed by atoms with E-state index >= 15 is 0 Å². The third-order valence-electron chi connectivity index (χ3n) is 3.55. The van der Waals surface area contributed by atoms with Gasteiger partial charge in [0, 0.05) is 30.9 Å². The van der Waals surface area contributed by atoms with Gasteiger partial charge in [0.1, 0.15) is 5.82 Å². The van der Waals surface area contributed by atoms with Gasteiger partial charge in [0.05, 0.1) is 17.6 Å². The molecule has 0 unspecified atom stereocenters. The molecule has 0 radical (unpaired) electrons. The van der Waals surface area contributed by atoms with Gasteiger partial charge in [-0.15, -0.1) is 0 Å². The highest BCUT2D eigenvalue weighted by Gasteiger charge is 2.33. The molecular formula is C17H15F3N4. The minimum absolute atomic E-state index is 0.126. The van der Waals surface area contributed by atoms with Crippen LogP contribution < -0.4 is 5.32 Å². The zero-order valence-corrected chi connectivity index (χ0v) is 12.6. The number of hydrogen-bond acceptors (Lipinski definition) is 3. The number of nitrogens with zero attached hydrogens (tertiary/aromatic N) is 2. The molecule has 7 heteroatoms. The Kier molecular flexibility index (Phi) is 4.50. The molecule has 0 aliphatic heterocycles. The van der Waals surface area contributed by atoms with Crippen molar-refractivity contribution in [2.45, 2.75) is 12.6 Å². The Bertz CT molecular complexity index is 780. The number of nitrogens with one attached hydrogen (secondary N) is 2. The monoisotopic (exact) mass is 332 g/mol. The van der Waals surface area contributed by atoms with Crippen LogP contribution in [0.1, 0.15) is 11.3 Å². The first-order chi connectivity index (χ1) is 11.5. The molecule has 1 aromatic carbocycles. The lowest BCUT2D eigenvalue weighted by Crippen LogP contribution is -2.08. The summed E-state index contributed by atoms with van der Waals surface area (Å²) in [4.78, 5) is 11.2. The number of halogens is 3. The molecule has 0 aliphatic carbocycles. The summed E-state index contributed by atoms with van der Waals surface area (Å²) in [6.45, 7) is 0.635. The molecule has 3 aromatic rings. The summed E-state index contributed by atoms with van der Waals surface area (Å²) in [6, 6.07) is 8.79. The molecular weight excluding hydrogens is 317 g/mol. The fraction of sp³-hybridized carbons (Fsp3) is 0.176. The Morgan fingerprint density at radius 3 is 2.54 bits per heavy atom. The quantitative estimate of drug-likeness (QED) is 0.738. The molecule has 0 fully saturated rings. The standard InChI is InChI=1S/C17H15F3N4/c18-17(19,20)15-4-2-1-3-14(15)12-5-6-16(23-9-12)22-8-7-13-10-21-11-24-13/h1-6,9-11H,7-8H2,(H,21,24)(H,22,23). The lowest BCUT2D eigenvalue weighted by atomic mass is 10.0. The number of anilines is 1. The van der Waals surface area contributed by atoms with Crippen LogP contribution in [0.5, 0.6) is 0 Å². The van der Waals surface area contributed by atoms with Gasteiger partial charge < -0.3 is 10.3 Å². The Labute approximate surface area is 136 Å². The Morgan fingerprint density at radius 1 is 1.04 bits per heavy atom. The second kappa shape index (κ2) is 6.74. The molecule has 0 atom stereocenters. The number of alkyl halides is 3. The van der Waals surface area contributed by atoms with Crippen LogP contribution in [0.4, 0.5) is 19.0 Å². The van der Waals surface area contributed by atoms with E-state index in [4.69, 9.17) is 0 Å². The third kappa shape index (κ3) is 3.73. The van der Waals surface area contributed by atoms with Gasteiger partial charge in [-0.05, 0) is 23.8 Å². The van der Waals surface area contributed by atoms with E-state index in [2.05, 4.69) is 20.3 Å². The van der Waals surface area contributed by atoms with E-state index in [0.29, 0.717) is 17.9 Å². The van der Waals surface area contributed by atoms with E-state index in [1.54, 1.807) is 24.5 Å². The normalized spacial score (nSPS) is 11.5. The summed E-state index contributed by atoms with van der Waals surface area (Å²) < 4.78 is 39.2. The first-order valence-corrected chi connectivity index (χ1v) is 7.38. The topological polar surface area (TPSA) is 53.6 Å². The van der Waals surface area contributed by atoms with Crippen LogP contribution in [0.2, 0.25) is 0 Å². The average Bonchev–Trinajstić information content (AvgIpc) is 3.08. The number of aromatic nitrogens is 3. The first kappa shape index (κ1) is 16.0. The largest absolute Gasteiger partial charge is 0.417 e. The number of hydrogen-bond donors (Lipinski definition) is 2. The first-order valence-electron chi connectivity index (χ1n) is 7.38. The molecule has 2 heterocycles. The summed E-state index contributed by atoms with van der Waals surface area (Å²) in [7, 11) is 0. The van der Waals surface area contributed by atoms with Gasteiger partial charge in [0.15, 0.2) is 0 Å². The molecule has 2 aromatic heterocycles. The summed E-state index contributed by atoms with van der Waals surface area (Å²) in [5.74, 6) is 0.610. The van der Waals surface area contributed by atoms with E-state index < -0.39 is 11.7 Å². The van der Waals surface area contributed by atoms with Gasteiger partial charge in [-0.1, -0.05) is 18.2 Å². The zero-order chi connectivity index (χ0) is 17.0. The van der Waals surface area contributed by atoms with Crippen LogP contribution >= 0.6 is 0 Å². The molecule has 124 valence electrons. The second-order valence-electron chi connectivity index (χ2n) is 5.21. The fourth-order valence-electron chi connectivity index (χ4n) is 2.39. The average molecular weight is 332 g/mol. The van der Waals surface area contributed by atoms with E-state index in [0.717, 1.165) is 18.2 Å². The minimum Gasteiger partial charge on any atom is -0.370 e. The van der Waals surface area contributed by atoms with Gasteiger partial charge in [-0.3, -0.25) is 0 Å². The maximum atomic E-state index is 13.1. The van der Waals surface area contributed by atoms with E-state index in [-0.39, 0.29) is 5.56 Å². The number of imidazole rings is 1. The van der Waals surface area contributed by atoms with Crippen molar-refractivity contribution in [3.63, 3.8) is 0 Å². The van der Waals surface area contributed by atoms with Gasteiger partial charge in [-0.25, -0.2) is 9.97 Å². The summed E-state index contributed by atoms with van der Waals surface area (Å²) in [6.07, 6.45) is 1.20. The van der Waals surface area contributed by atoms with Crippen molar-refractivity contribution in [1.29, 1.82) is 0 Å². The van der Waals surface area contributed by atoms with Crippen LogP contribution in [0.25, 0.3) is 11.1 Å². The van der Waals surface area contributed by atoms with Crippen LogP contribution in [0, 0.1) is 0 Å². The second-order valence-corrected chi connectivity index (χ2v) is 5.21. The van der Waals surface area contributed by atoms with Gasteiger partial charge >= 0.3 is 6.18 Å². The number of aromatic amines is 1. The maximum Gasteiger partial charge on any atom is 0.417 e. The van der Waals surface area contributed by atoms with Crippen molar-refractivity contribution < 1.29 is 13.2 Å².